The van der Waals surface area contributed by atoms with Crippen LogP contribution in [0.2, 0.25) is 0 Å². The van der Waals surface area contributed by atoms with E-state index in [0.717, 1.165) is 50.9 Å². The van der Waals surface area contributed by atoms with Gasteiger partial charge in [-0.25, -0.2) is 4.79 Å². The number of carbonyl (C=O) groups is 3. The lowest BCUT2D eigenvalue weighted by atomic mass is 9.86. The van der Waals surface area contributed by atoms with Crippen LogP contribution in [0.25, 0.3) is 10.9 Å². The molecule has 2 aliphatic rings. The lowest BCUT2D eigenvalue weighted by Gasteiger charge is -2.33. The number of ether oxygens (including phenoxy) is 2. The van der Waals surface area contributed by atoms with E-state index in [1.807, 2.05) is 36.4 Å². The number of benzene rings is 5. The van der Waals surface area contributed by atoms with Crippen LogP contribution in [0.3, 0.4) is 0 Å². The van der Waals surface area contributed by atoms with Crippen molar-refractivity contribution in [3.63, 3.8) is 0 Å². The van der Waals surface area contributed by atoms with Gasteiger partial charge in [0.2, 0.25) is 11.2 Å². The molecule has 3 heterocycles. The smallest absolute Gasteiger partial charge is 0.347 e. The normalized spacial score (nSPS) is 16.1. The number of amides is 2. The first-order chi connectivity index (χ1) is 33.5. The maximum atomic E-state index is 13.9. The Labute approximate surface area is 401 Å². The zero-order valence-corrected chi connectivity index (χ0v) is 38.7. The number of aromatic amines is 1. The summed E-state index contributed by atoms with van der Waals surface area (Å²) in [4.78, 5) is 58.8. The van der Waals surface area contributed by atoms with Gasteiger partial charge in [0.25, 0.3) is 11.8 Å². The minimum atomic E-state index is -2.09. The van der Waals surface area contributed by atoms with E-state index in [1.54, 1.807) is 77.7 Å². The fraction of sp³-hybridized carbons (Fsp3) is 0.345. The second-order valence-corrected chi connectivity index (χ2v) is 18.2. The molecule has 8 rings (SSSR count). The highest BCUT2D eigenvalue weighted by atomic mass is 16.5. The van der Waals surface area contributed by atoms with Gasteiger partial charge in [0.05, 0.1) is 18.2 Å². The molecule has 14 heteroatoms. The van der Waals surface area contributed by atoms with Crippen molar-refractivity contribution in [2.45, 2.75) is 50.4 Å². The summed E-state index contributed by atoms with van der Waals surface area (Å²) in [5, 5.41) is 40.0. The summed E-state index contributed by atoms with van der Waals surface area (Å²) in [5.41, 5.74) is 1.97. The number of phenolic OH excluding ortho intramolecular Hbond substituents is 1. The van der Waals surface area contributed by atoms with Crippen LogP contribution >= 0.6 is 0 Å². The maximum Gasteiger partial charge on any atom is 0.347 e. The van der Waals surface area contributed by atoms with Gasteiger partial charge in [0.15, 0.2) is 6.61 Å². The van der Waals surface area contributed by atoms with Crippen LogP contribution < -0.4 is 20.9 Å². The molecular formula is C55H61N5O9. The van der Waals surface area contributed by atoms with Crippen LogP contribution in [-0.4, -0.2) is 107 Å². The fourth-order valence-electron chi connectivity index (χ4n) is 9.26. The third-order valence-electron chi connectivity index (χ3n) is 13.4. The molecule has 6 aromatic rings. The van der Waals surface area contributed by atoms with Gasteiger partial charge in [-0.15, -0.1) is 0 Å². The number of H-pyrrole nitrogens is 1. The lowest BCUT2D eigenvalue weighted by molar-refractivity contribution is -0.164. The fourth-order valence-corrected chi connectivity index (χ4v) is 9.26. The van der Waals surface area contributed by atoms with Gasteiger partial charge in [-0.1, -0.05) is 91.0 Å². The molecule has 0 bridgehead atoms. The molecule has 0 aliphatic carbocycles. The SMILES string of the molecule is O=C(NCC1CCN(C(=O)COc2cccc([C@](O)(C(=O)OCC3CCN(Cc4ccccc4)CC3)c3ccccc3)c2)CC1)c1ccc(CCNC[C@H](O)c2ccc(O)c3[nH]c(=O)ccc23)cc1. The highest BCUT2D eigenvalue weighted by Gasteiger charge is 2.42. The molecule has 2 fully saturated rings. The van der Waals surface area contributed by atoms with Crippen LogP contribution in [0, 0.1) is 11.8 Å². The van der Waals surface area contributed by atoms with E-state index < -0.39 is 17.7 Å². The van der Waals surface area contributed by atoms with Crippen molar-refractivity contribution in [1.29, 1.82) is 0 Å². The van der Waals surface area contributed by atoms with Gasteiger partial charge in [0.1, 0.15) is 11.5 Å². The van der Waals surface area contributed by atoms with Gasteiger partial charge in [-0.2, -0.15) is 0 Å². The highest BCUT2D eigenvalue weighted by Crippen LogP contribution is 2.34. The monoisotopic (exact) mass is 935 g/mol. The standard InChI is InChI=1S/C55H61N5O9/c61-48-20-18-46(47-19-21-50(63)58-52(47)48)49(62)34-56-27-22-38-14-16-42(17-15-38)53(65)57-33-39-25-30-60(31-26-39)51(64)37-68-45-13-7-12-44(32-45)55(67,43-10-5-2-6-11-43)54(66)69-36-41-23-28-59(29-24-41)35-40-8-3-1-4-9-40/h1-21,32,39,41,49,56,61-62,67H,22-31,33-37H2,(H,57,65)(H,58,63)/t49-,55-/m0/s1. The Morgan fingerprint density at radius 1 is 0.768 bits per heavy atom. The Hall–Kier alpha value is -6.84. The summed E-state index contributed by atoms with van der Waals surface area (Å²) in [6.07, 6.45) is 3.05. The quantitative estimate of drug-likeness (QED) is 0.0423. The molecule has 2 aliphatic heterocycles. The molecule has 0 saturated carbocycles. The third kappa shape index (κ3) is 12.4. The van der Waals surface area contributed by atoms with E-state index in [0.29, 0.717) is 65.9 Å². The number of hydrogen-bond acceptors (Lipinski definition) is 11. The Kier molecular flexibility index (Phi) is 16.2. The number of aromatic hydroxyl groups is 1. The van der Waals surface area contributed by atoms with E-state index in [4.69, 9.17) is 9.47 Å². The summed E-state index contributed by atoms with van der Waals surface area (Å²) < 4.78 is 11.9. The number of carbonyl (C=O) groups excluding carboxylic acids is 3. The predicted molar refractivity (Wildman–Crippen MR) is 263 cm³/mol. The first-order valence-corrected chi connectivity index (χ1v) is 23.9. The number of pyridine rings is 1. The summed E-state index contributed by atoms with van der Waals surface area (Å²) in [7, 11) is 0. The van der Waals surface area contributed by atoms with Gasteiger partial charge < -0.3 is 45.3 Å². The van der Waals surface area contributed by atoms with E-state index in [2.05, 4.69) is 32.7 Å². The molecule has 6 N–H and O–H groups in total. The number of piperidine rings is 2. The lowest BCUT2D eigenvalue weighted by Crippen LogP contribution is -2.43. The van der Waals surface area contributed by atoms with E-state index in [9.17, 15) is 34.5 Å². The highest BCUT2D eigenvalue weighted by molar-refractivity contribution is 5.94. The molecule has 0 unspecified atom stereocenters. The van der Waals surface area contributed by atoms with Gasteiger partial charge in [-0.05, 0) is 122 Å². The van der Waals surface area contributed by atoms with Crippen molar-refractivity contribution >= 4 is 28.7 Å². The average Bonchev–Trinajstić information content (AvgIpc) is 3.39. The molecule has 5 aromatic carbocycles. The Bertz CT molecular complexity index is 2720. The van der Waals surface area contributed by atoms with Crippen molar-refractivity contribution < 1.29 is 39.2 Å². The number of aliphatic hydroxyl groups excluding tert-OH is 1. The number of nitrogens with one attached hydrogen (secondary N) is 3. The molecule has 2 saturated heterocycles. The van der Waals surface area contributed by atoms with E-state index in [-0.39, 0.29) is 60.3 Å². The number of fused-ring (bicyclic) bond motifs is 1. The molecule has 14 nitrogen and oxygen atoms in total. The molecule has 2 atom stereocenters. The van der Waals surface area contributed by atoms with Crippen molar-refractivity contribution in [2.75, 3.05) is 59.0 Å². The topological polar surface area (TPSA) is 194 Å². The van der Waals surface area contributed by atoms with Crippen LogP contribution in [-0.2, 0) is 32.9 Å². The van der Waals surface area contributed by atoms with Crippen molar-refractivity contribution in [3.05, 3.63) is 177 Å². The molecule has 360 valence electrons. The number of aromatic nitrogens is 1. The van der Waals surface area contributed by atoms with E-state index >= 15 is 0 Å². The summed E-state index contributed by atoms with van der Waals surface area (Å²) >= 11 is 0. The summed E-state index contributed by atoms with van der Waals surface area (Å²) in [6, 6.07) is 39.2. The van der Waals surface area contributed by atoms with Crippen LogP contribution in [0.15, 0.2) is 138 Å². The minimum Gasteiger partial charge on any atom is -0.506 e. The summed E-state index contributed by atoms with van der Waals surface area (Å²) in [6.45, 7) is 5.10. The number of hydrogen-bond donors (Lipinski definition) is 6. The second-order valence-electron chi connectivity index (χ2n) is 18.2. The zero-order valence-electron chi connectivity index (χ0n) is 38.7. The maximum absolute atomic E-state index is 13.9. The molecular weight excluding hydrogens is 875 g/mol. The Morgan fingerprint density at radius 2 is 1.46 bits per heavy atom. The molecule has 2 amide bonds. The van der Waals surface area contributed by atoms with Gasteiger partial charge in [-0.3, -0.25) is 19.3 Å². The molecule has 1 aromatic heterocycles. The van der Waals surface area contributed by atoms with Crippen LogP contribution in [0.5, 0.6) is 11.5 Å². The first kappa shape index (κ1) is 48.6. The molecule has 0 spiro atoms. The number of esters is 1. The van der Waals surface area contributed by atoms with E-state index in [1.165, 1.54) is 17.7 Å². The van der Waals surface area contributed by atoms with Crippen LogP contribution in [0.1, 0.15) is 70.0 Å². The number of phenols is 1. The van der Waals surface area contributed by atoms with Crippen molar-refractivity contribution in [2.24, 2.45) is 11.8 Å². The third-order valence-corrected chi connectivity index (χ3v) is 13.4. The van der Waals surface area contributed by atoms with Crippen molar-refractivity contribution in [1.82, 2.24) is 25.4 Å². The van der Waals surface area contributed by atoms with Crippen LogP contribution in [0.4, 0.5) is 0 Å². The number of rotatable bonds is 19. The largest absolute Gasteiger partial charge is 0.506 e. The number of nitrogens with zero attached hydrogens (tertiary/aromatic N) is 2. The average molecular weight is 936 g/mol. The van der Waals surface area contributed by atoms with Gasteiger partial charge >= 0.3 is 5.97 Å². The van der Waals surface area contributed by atoms with Gasteiger partial charge in [0, 0.05) is 55.3 Å². The molecule has 69 heavy (non-hydrogen) atoms. The summed E-state index contributed by atoms with van der Waals surface area (Å²) in [5.74, 6) is -0.422. The Balaban J connectivity index is 0.750. The zero-order chi connectivity index (χ0) is 48.2. The number of likely N-dealkylation sites (tertiary alicyclic amines) is 2. The molecule has 0 radical (unpaired) electrons. The first-order valence-electron chi connectivity index (χ1n) is 23.9. The minimum absolute atomic E-state index is 0.0582. The Morgan fingerprint density at radius 3 is 2.20 bits per heavy atom. The predicted octanol–water partition coefficient (Wildman–Crippen LogP) is 5.84. The van der Waals surface area contributed by atoms with Crippen molar-refractivity contribution in [3.8, 4) is 11.5 Å². The number of aliphatic hydroxyl groups is 2. The second kappa shape index (κ2) is 23.0.